The van der Waals surface area contributed by atoms with Crippen LogP contribution in [0.25, 0.3) is 0 Å². The first-order chi connectivity index (χ1) is 13.7. The fourth-order valence-electron chi connectivity index (χ4n) is 3.85. The van der Waals surface area contributed by atoms with Gasteiger partial charge in [-0.2, -0.15) is 10.2 Å². The van der Waals surface area contributed by atoms with Crippen molar-refractivity contribution in [2.75, 3.05) is 0 Å². The van der Waals surface area contributed by atoms with Gasteiger partial charge in [-0.15, -0.1) is 0 Å². The number of hydrogen-bond donors (Lipinski definition) is 0. The minimum Gasteiger partial charge on any atom is -0.272 e. The Balaban J connectivity index is 1.78. The van der Waals surface area contributed by atoms with E-state index in [2.05, 4.69) is 93.5 Å². The van der Waals surface area contributed by atoms with Crippen molar-refractivity contribution < 1.29 is 0 Å². The van der Waals surface area contributed by atoms with Crippen LogP contribution in [0.5, 0.6) is 0 Å². The van der Waals surface area contributed by atoms with Gasteiger partial charge >= 0.3 is 0 Å². The minimum atomic E-state index is 0.448. The first-order valence-electron chi connectivity index (χ1n) is 11.7. The maximum atomic E-state index is 4.63. The summed E-state index contributed by atoms with van der Waals surface area (Å²) in [4.78, 5) is 0. The smallest absolute Gasteiger partial charge is 0.0521 e. The lowest BCUT2D eigenvalue weighted by Gasteiger charge is -2.22. The molecule has 4 atom stereocenters. The zero-order valence-corrected chi connectivity index (χ0v) is 20.1. The summed E-state index contributed by atoms with van der Waals surface area (Å²) in [5.74, 6) is 3.34. The van der Waals surface area contributed by atoms with E-state index in [1.54, 1.807) is 0 Å². The maximum absolute atomic E-state index is 4.63. The molecule has 0 aromatic carbocycles. The van der Waals surface area contributed by atoms with Crippen molar-refractivity contribution in [2.45, 2.75) is 93.7 Å². The molecule has 0 bridgehead atoms. The van der Waals surface area contributed by atoms with Crippen LogP contribution in [0.4, 0.5) is 0 Å². The van der Waals surface area contributed by atoms with Crippen LogP contribution in [-0.4, -0.2) is 19.6 Å². The van der Waals surface area contributed by atoms with Crippen LogP contribution in [-0.2, 0) is 19.4 Å². The van der Waals surface area contributed by atoms with E-state index in [0.717, 1.165) is 19.4 Å². The highest BCUT2D eigenvalue weighted by Crippen LogP contribution is 2.25. The molecule has 0 N–H and O–H groups in total. The van der Waals surface area contributed by atoms with Gasteiger partial charge in [-0.1, -0.05) is 54.9 Å². The summed E-state index contributed by atoms with van der Waals surface area (Å²) >= 11 is 0. The van der Waals surface area contributed by atoms with Crippen molar-refractivity contribution in [1.29, 1.82) is 0 Å². The van der Waals surface area contributed by atoms with Crippen molar-refractivity contribution in [2.24, 2.45) is 29.6 Å². The quantitative estimate of drug-likeness (QED) is 0.412. The highest BCUT2D eigenvalue weighted by molar-refractivity contribution is 5.06. The third kappa shape index (κ3) is 7.64. The number of hydrogen-bond acceptors (Lipinski definition) is 2. The standard InChI is InChI=1S/C25H44N4/c1-18(2)11-24-14-27-29(17-24)23(8)21(6)10-9-20(5)12-25-13-26-28(16-25)15-22(7)19(3)4/h13-14,16-23H,9-12,15H2,1-8H3/t20?,21?,22-,23-/m0/s1. The molecule has 0 saturated carbocycles. The van der Waals surface area contributed by atoms with Crippen LogP contribution >= 0.6 is 0 Å². The summed E-state index contributed by atoms with van der Waals surface area (Å²) in [5.41, 5.74) is 2.73. The van der Waals surface area contributed by atoms with Gasteiger partial charge in [0.15, 0.2) is 0 Å². The van der Waals surface area contributed by atoms with Gasteiger partial charge in [0.25, 0.3) is 0 Å². The van der Waals surface area contributed by atoms with E-state index >= 15 is 0 Å². The molecule has 29 heavy (non-hydrogen) atoms. The van der Waals surface area contributed by atoms with Gasteiger partial charge in [0.05, 0.1) is 18.4 Å². The Hall–Kier alpha value is -1.58. The molecule has 0 aliphatic carbocycles. The Bertz CT molecular complexity index is 712. The third-order valence-corrected chi connectivity index (χ3v) is 6.54. The predicted octanol–water partition coefficient (Wildman–Crippen LogP) is 6.43. The molecule has 0 radical (unpaired) electrons. The molecule has 0 amide bonds. The van der Waals surface area contributed by atoms with Gasteiger partial charge in [-0.25, -0.2) is 0 Å². The Morgan fingerprint density at radius 3 is 2.07 bits per heavy atom. The Labute approximate surface area is 179 Å². The fraction of sp³-hybridized carbons (Fsp3) is 0.760. The number of nitrogens with zero attached hydrogens (tertiary/aromatic N) is 4. The predicted molar refractivity (Wildman–Crippen MR) is 123 cm³/mol. The number of aromatic nitrogens is 4. The maximum Gasteiger partial charge on any atom is 0.0521 e. The van der Waals surface area contributed by atoms with E-state index in [0.29, 0.717) is 35.6 Å². The Morgan fingerprint density at radius 1 is 0.759 bits per heavy atom. The summed E-state index contributed by atoms with van der Waals surface area (Å²) < 4.78 is 4.30. The minimum absolute atomic E-state index is 0.448. The van der Waals surface area contributed by atoms with Gasteiger partial charge in [-0.05, 0) is 66.9 Å². The summed E-state index contributed by atoms with van der Waals surface area (Å²) in [6.07, 6.45) is 13.3. The SMILES string of the molecule is CC(C)Cc1cnn([C@@H](C)C(C)CCC(C)Cc2cnn(C[C@H](C)C(C)C)c2)c1. The van der Waals surface area contributed by atoms with E-state index in [4.69, 9.17) is 0 Å². The normalized spacial score (nSPS) is 16.3. The molecule has 2 rings (SSSR count). The molecule has 4 nitrogen and oxygen atoms in total. The van der Waals surface area contributed by atoms with Crippen molar-refractivity contribution in [3.05, 3.63) is 35.9 Å². The number of rotatable bonds is 12. The average Bonchev–Trinajstić information content (AvgIpc) is 3.28. The first-order valence-corrected chi connectivity index (χ1v) is 11.7. The second kappa shape index (κ2) is 11.0. The Kier molecular flexibility index (Phi) is 8.98. The molecule has 164 valence electrons. The highest BCUT2D eigenvalue weighted by atomic mass is 15.3. The summed E-state index contributed by atoms with van der Waals surface area (Å²) in [7, 11) is 0. The van der Waals surface area contributed by atoms with Crippen molar-refractivity contribution in [3.63, 3.8) is 0 Å². The molecule has 0 saturated heterocycles. The van der Waals surface area contributed by atoms with Gasteiger partial charge < -0.3 is 0 Å². The lowest BCUT2D eigenvalue weighted by atomic mass is 9.91. The molecule has 2 aromatic heterocycles. The van der Waals surface area contributed by atoms with Crippen molar-refractivity contribution in [3.8, 4) is 0 Å². The van der Waals surface area contributed by atoms with Crippen LogP contribution in [0.3, 0.4) is 0 Å². The summed E-state index contributed by atoms with van der Waals surface area (Å²) in [6, 6.07) is 0.448. The fourth-order valence-corrected chi connectivity index (χ4v) is 3.85. The average molecular weight is 401 g/mol. The van der Waals surface area contributed by atoms with Gasteiger partial charge in [0.1, 0.15) is 0 Å². The highest BCUT2D eigenvalue weighted by Gasteiger charge is 2.17. The van der Waals surface area contributed by atoms with E-state index in [1.165, 1.54) is 24.0 Å². The second-order valence-corrected chi connectivity index (χ2v) is 10.3. The van der Waals surface area contributed by atoms with Gasteiger partial charge in [-0.3, -0.25) is 9.36 Å². The molecule has 0 spiro atoms. The lowest BCUT2D eigenvalue weighted by molar-refractivity contribution is 0.309. The van der Waals surface area contributed by atoms with E-state index in [-0.39, 0.29) is 0 Å². The summed E-state index contributed by atoms with van der Waals surface area (Å²) in [6.45, 7) is 19.5. The summed E-state index contributed by atoms with van der Waals surface area (Å²) in [5, 5.41) is 9.21. The van der Waals surface area contributed by atoms with Crippen LogP contribution in [0.15, 0.2) is 24.8 Å². The molecular weight excluding hydrogens is 356 g/mol. The lowest BCUT2D eigenvalue weighted by Crippen LogP contribution is -2.16. The second-order valence-electron chi connectivity index (χ2n) is 10.3. The molecule has 0 aliphatic rings. The van der Waals surface area contributed by atoms with E-state index < -0.39 is 0 Å². The van der Waals surface area contributed by atoms with Crippen LogP contribution < -0.4 is 0 Å². The monoisotopic (exact) mass is 400 g/mol. The molecule has 0 aliphatic heterocycles. The molecule has 2 aromatic rings. The van der Waals surface area contributed by atoms with Gasteiger partial charge in [0.2, 0.25) is 0 Å². The molecule has 4 heteroatoms. The zero-order valence-electron chi connectivity index (χ0n) is 20.1. The topological polar surface area (TPSA) is 35.6 Å². The van der Waals surface area contributed by atoms with Gasteiger partial charge in [0, 0.05) is 18.9 Å². The van der Waals surface area contributed by atoms with Crippen LogP contribution in [0, 0.1) is 29.6 Å². The Morgan fingerprint density at radius 2 is 1.41 bits per heavy atom. The third-order valence-electron chi connectivity index (χ3n) is 6.54. The largest absolute Gasteiger partial charge is 0.272 e. The van der Waals surface area contributed by atoms with E-state index in [9.17, 15) is 0 Å². The molecule has 0 fully saturated rings. The molecular formula is C25H44N4. The molecule has 2 unspecified atom stereocenters. The van der Waals surface area contributed by atoms with Crippen molar-refractivity contribution >= 4 is 0 Å². The first kappa shape index (κ1) is 23.7. The van der Waals surface area contributed by atoms with Crippen molar-refractivity contribution in [1.82, 2.24) is 19.6 Å². The van der Waals surface area contributed by atoms with E-state index in [1.807, 2.05) is 6.20 Å². The zero-order chi connectivity index (χ0) is 21.6. The molecule has 2 heterocycles. The van der Waals surface area contributed by atoms with Crippen LogP contribution in [0.1, 0.15) is 85.4 Å². The van der Waals surface area contributed by atoms with Crippen LogP contribution in [0.2, 0.25) is 0 Å².